The first-order valence-electron chi connectivity index (χ1n) is 10.3. The minimum Gasteiger partial charge on any atom is -0.418 e. The van der Waals surface area contributed by atoms with Crippen molar-refractivity contribution < 1.29 is 4.74 Å². The standard InChI is InChI=1S/C14H18N4O.C9H10.C2H2/c1-4-10-12(15)17-11(5-2)14(18-10)19-13-9(3)7-6-8-16-13;1-2-5-9-7-3-6-8(9)4-1;1-2/h6-8H,4-5H2,1-3H3,(H2,15,17);1-2,4-5H,3,6-7H2;1-2H. The van der Waals surface area contributed by atoms with Gasteiger partial charge < -0.3 is 10.5 Å². The van der Waals surface area contributed by atoms with Gasteiger partial charge in [-0.25, -0.2) is 15.0 Å². The zero-order chi connectivity index (χ0) is 21.9. The van der Waals surface area contributed by atoms with E-state index < -0.39 is 0 Å². The molecule has 4 rings (SSSR count). The molecule has 30 heavy (non-hydrogen) atoms. The normalized spacial score (nSPS) is 11.4. The smallest absolute Gasteiger partial charge is 0.243 e. The molecule has 0 bridgehead atoms. The predicted octanol–water partition coefficient (Wildman–Crippen LogP) is 5.10. The zero-order valence-electron chi connectivity index (χ0n) is 18.1. The summed E-state index contributed by atoms with van der Waals surface area (Å²) in [6.45, 7) is 5.93. The number of anilines is 1. The van der Waals surface area contributed by atoms with Crippen molar-refractivity contribution in [1.29, 1.82) is 0 Å². The summed E-state index contributed by atoms with van der Waals surface area (Å²) in [5, 5.41) is 0. The number of hydrogen-bond donors (Lipinski definition) is 1. The summed E-state index contributed by atoms with van der Waals surface area (Å²) in [6.07, 6.45) is 15.1. The molecule has 1 aliphatic rings. The number of hydrogen-bond acceptors (Lipinski definition) is 5. The molecular formula is C25H30N4O. The molecule has 2 heterocycles. The fraction of sp³-hybridized carbons (Fsp3) is 0.320. The van der Waals surface area contributed by atoms with Crippen molar-refractivity contribution in [2.75, 3.05) is 5.73 Å². The van der Waals surface area contributed by atoms with Crippen LogP contribution in [0.25, 0.3) is 0 Å². The van der Waals surface area contributed by atoms with Gasteiger partial charge >= 0.3 is 0 Å². The number of terminal acetylenes is 1. The van der Waals surface area contributed by atoms with Crippen molar-refractivity contribution in [1.82, 2.24) is 15.0 Å². The van der Waals surface area contributed by atoms with Crippen molar-refractivity contribution in [3.63, 3.8) is 0 Å². The van der Waals surface area contributed by atoms with E-state index in [4.69, 9.17) is 10.5 Å². The van der Waals surface area contributed by atoms with Crippen LogP contribution in [0.15, 0.2) is 42.6 Å². The molecule has 0 radical (unpaired) electrons. The number of rotatable bonds is 4. The maximum absolute atomic E-state index is 5.85. The molecule has 156 valence electrons. The Bertz CT molecular complexity index is 959. The Morgan fingerprint density at radius 3 is 2.10 bits per heavy atom. The van der Waals surface area contributed by atoms with Crippen molar-refractivity contribution in [2.24, 2.45) is 0 Å². The molecule has 2 aromatic heterocycles. The molecule has 0 aliphatic heterocycles. The van der Waals surface area contributed by atoms with Crippen molar-refractivity contribution in [2.45, 2.75) is 52.9 Å². The summed E-state index contributed by atoms with van der Waals surface area (Å²) in [4.78, 5) is 13.0. The first-order chi connectivity index (χ1) is 14.6. The average molecular weight is 403 g/mol. The number of nitrogen functional groups attached to an aromatic ring is 1. The SMILES string of the molecule is C#C.CCc1nc(Oc2ncccc2C)c(CC)nc1N.c1ccc2c(c1)CCC2. The minimum absolute atomic E-state index is 0.476. The first kappa shape index (κ1) is 22.9. The molecule has 0 saturated heterocycles. The quantitative estimate of drug-likeness (QED) is 0.614. The molecule has 0 saturated carbocycles. The Kier molecular flexibility index (Phi) is 8.83. The largest absolute Gasteiger partial charge is 0.418 e. The van der Waals surface area contributed by atoms with Gasteiger partial charge in [0.05, 0.1) is 5.69 Å². The third-order valence-electron chi connectivity index (χ3n) is 4.87. The highest BCUT2D eigenvalue weighted by Gasteiger charge is 2.13. The minimum atomic E-state index is 0.476. The molecule has 0 atom stereocenters. The van der Waals surface area contributed by atoms with Crippen LogP contribution in [0.3, 0.4) is 0 Å². The summed E-state index contributed by atoms with van der Waals surface area (Å²) in [5.74, 6) is 1.53. The summed E-state index contributed by atoms with van der Waals surface area (Å²) in [6, 6.07) is 12.5. The highest BCUT2D eigenvalue weighted by molar-refractivity contribution is 5.40. The van der Waals surface area contributed by atoms with Gasteiger partial charge in [-0.2, -0.15) is 0 Å². The molecular weight excluding hydrogens is 372 g/mol. The van der Waals surface area contributed by atoms with Gasteiger partial charge in [0.1, 0.15) is 11.5 Å². The average Bonchev–Trinajstić information content (AvgIpc) is 3.27. The Balaban J connectivity index is 0.000000241. The summed E-state index contributed by atoms with van der Waals surface area (Å²) in [7, 11) is 0. The highest BCUT2D eigenvalue weighted by Crippen LogP contribution is 2.25. The number of nitrogens with two attached hydrogens (primary N) is 1. The molecule has 0 unspecified atom stereocenters. The molecule has 3 aromatic rings. The van der Waals surface area contributed by atoms with Crippen LogP contribution in [0.4, 0.5) is 5.82 Å². The van der Waals surface area contributed by atoms with E-state index >= 15 is 0 Å². The monoisotopic (exact) mass is 402 g/mol. The molecule has 0 spiro atoms. The van der Waals surface area contributed by atoms with Crippen LogP contribution in [0.5, 0.6) is 11.8 Å². The van der Waals surface area contributed by atoms with Crippen LogP contribution in [0, 0.1) is 19.8 Å². The third kappa shape index (κ3) is 5.81. The molecule has 5 heteroatoms. The molecule has 0 fully saturated rings. The van der Waals surface area contributed by atoms with Crippen LogP contribution in [0.2, 0.25) is 0 Å². The van der Waals surface area contributed by atoms with Crippen molar-refractivity contribution in [3.05, 3.63) is 70.7 Å². The van der Waals surface area contributed by atoms with Crippen LogP contribution in [-0.4, -0.2) is 15.0 Å². The maximum atomic E-state index is 5.85. The van der Waals surface area contributed by atoms with Gasteiger partial charge in [0.2, 0.25) is 11.8 Å². The second kappa shape index (κ2) is 11.6. The molecule has 2 N–H and O–H groups in total. The zero-order valence-corrected chi connectivity index (χ0v) is 18.1. The van der Waals surface area contributed by atoms with Crippen LogP contribution >= 0.6 is 0 Å². The van der Waals surface area contributed by atoms with Crippen LogP contribution in [0.1, 0.15) is 48.3 Å². The number of aromatic nitrogens is 3. The van der Waals surface area contributed by atoms with Gasteiger partial charge in [0, 0.05) is 11.8 Å². The summed E-state index contributed by atoms with van der Waals surface area (Å²) in [5.41, 5.74) is 11.4. The second-order valence-corrected chi connectivity index (χ2v) is 6.86. The number of pyridine rings is 1. The topological polar surface area (TPSA) is 73.9 Å². The van der Waals surface area contributed by atoms with Crippen LogP contribution in [-0.2, 0) is 25.7 Å². The van der Waals surface area contributed by atoms with E-state index in [0.29, 0.717) is 24.0 Å². The first-order valence-corrected chi connectivity index (χ1v) is 10.3. The van der Waals surface area contributed by atoms with E-state index in [1.165, 1.54) is 19.3 Å². The highest BCUT2D eigenvalue weighted by atomic mass is 16.5. The van der Waals surface area contributed by atoms with Gasteiger partial charge in [-0.05, 0) is 56.2 Å². The van der Waals surface area contributed by atoms with E-state index in [-0.39, 0.29) is 0 Å². The molecule has 1 aromatic carbocycles. The van der Waals surface area contributed by atoms with Crippen molar-refractivity contribution in [3.8, 4) is 24.6 Å². The number of nitrogens with zero attached hydrogens (tertiary/aromatic N) is 3. The maximum Gasteiger partial charge on any atom is 0.243 e. The van der Waals surface area contributed by atoms with Gasteiger partial charge in [-0.1, -0.05) is 44.2 Å². The predicted molar refractivity (Wildman–Crippen MR) is 123 cm³/mol. The fourth-order valence-electron chi connectivity index (χ4n) is 3.26. The number of ether oxygens (including phenoxy) is 1. The van der Waals surface area contributed by atoms with Gasteiger partial charge in [0.25, 0.3) is 0 Å². The number of fused-ring (bicyclic) bond motifs is 1. The lowest BCUT2D eigenvalue weighted by Gasteiger charge is -2.11. The molecule has 0 amide bonds. The lowest BCUT2D eigenvalue weighted by molar-refractivity contribution is 0.430. The Labute approximate surface area is 179 Å². The van der Waals surface area contributed by atoms with Gasteiger partial charge in [-0.15, -0.1) is 12.8 Å². The Morgan fingerprint density at radius 1 is 0.900 bits per heavy atom. The lowest BCUT2D eigenvalue weighted by Crippen LogP contribution is -2.07. The van der Waals surface area contributed by atoms with E-state index in [0.717, 1.165) is 23.4 Å². The fourth-order valence-corrected chi connectivity index (χ4v) is 3.26. The lowest BCUT2D eigenvalue weighted by atomic mass is 10.1. The third-order valence-corrected chi connectivity index (χ3v) is 4.87. The Morgan fingerprint density at radius 2 is 1.53 bits per heavy atom. The molecule has 5 nitrogen and oxygen atoms in total. The number of aryl methyl sites for hydroxylation is 5. The Hall–Kier alpha value is -3.39. The van der Waals surface area contributed by atoms with Crippen LogP contribution < -0.4 is 10.5 Å². The van der Waals surface area contributed by atoms with E-state index in [9.17, 15) is 0 Å². The second-order valence-electron chi connectivity index (χ2n) is 6.86. The summed E-state index contributed by atoms with van der Waals surface area (Å²) < 4.78 is 5.79. The van der Waals surface area contributed by atoms with E-state index in [1.54, 1.807) is 17.3 Å². The molecule has 1 aliphatic carbocycles. The van der Waals surface area contributed by atoms with E-state index in [2.05, 4.69) is 52.1 Å². The number of benzene rings is 1. The van der Waals surface area contributed by atoms with E-state index in [1.807, 2.05) is 32.9 Å². The van der Waals surface area contributed by atoms with Gasteiger partial charge in [0.15, 0.2) is 0 Å². The summed E-state index contributed by atoms with van der Waals surface area (Å²) >= 11 is 0. The van der Waals surface area contributed by atoms with Crippen molar-refractivity contribution >= 4 is 5.82 Å². The van der Waals surface area contributed by atoms with Gasteiger partial charge in [-0.3, -0.25) is 0 Å².